The molecule has 0 radical (unpaired) electrons. The van der Waals surface area contributed by atoms with Crippen molar-refractivity contribution < 1.29 is 13.5 Å². The Morgan fingerprint density at radius 3 is 2.28 bits per heavy atom. The van der Waals surface area contributed by atoms with Crippen LogP contribution in [0.15, 0.2) is 34.1 Å². The lowest BCUT2D eigenvalue weighted by atomic mass is 10.1. The molecular formula is C12H19NO3S2. The molecule has 1 rings (SSSR count). The van der Waals surface area contributed by atoms with Crippen molar-refractivity contribution in [1.82, 2.24) is 5.32 Å². The average Bonchev–Trinajstić information content (AvgIpc) is 2.35. The SMILES string of the molecule is CNC(C)(CO)CSc1ccc(S(C)(=O)=O)cc1. The molecular weight excluding hydrogens is 270 g/mol. The first-order valence-corrected chi connectivity index (χ1v) is 8.41. The van der Waals surface area contributed by atoms with Gasteiger partial charge in [-0.15, -0.1) is 11.8 Å². The topological polar surface area (TPSA) is 66.4 Å². The van der Waals surface area contributed by atoms with Gasteiger partial charge in [0.25, 0.3) is 0 Å². The molecule has 0 aliphatic rings. The first-order chi connectivity index (χ1) is 8.30. The van der Waals surface area contributed by atoms with Crippen LogP contribution in [-0.4, -0.2) is 44.7 Å². The van der Waals surface area contributed by atoms with Gasteiger partial charge >= 0.3 is 0 Å². The second-order valence-corrected chi connectivity index (χ2v) is 7.57. The Bertz CT molecular complexity index is 479. The van der Waals surface area contributed by atoms with E-state index in [-0.39, 0.29) is 12.1 Å². The highest BCUT2D eigenvalue weighted by molar-refractivity contribution is 7.99. The Balaban J connectivity index is 2.71. The van der Waals surface area contributed by atoms with Crippen molar-refractivity contribution in [1.29, 1.82) is 0 Å². The highest BCUT2D eigenvalue weighted by Gasteiger charge is 2.20. The number of thioether (sulfide) groups is 1. The molecule has 0 heterocycles. The summed E-state index contributed by atoms with van der Waals surface area (Å²) in [7, 11) is -1.32. The fraction of sp³-hybridized carbons (Fsp3) is 0.500. The summed E-state index contributed by atoms with van der Waals surface area (Å²) < 4.78 is 22.6. The highest BCUT2D eigenvalue weighted by Crippen LogP contribution is 2.23. The first kappa shape index (κ1) is 15.5. The maximum absolute atomic E-state index is 11.3. The number of aliphatic hydroxyl groups excluding tert-OH is 1. The summed E-state index contributed by atoms with van der Waals surface area (Å²) in [6.07, 6.45) is 1.19. The van der Waals surface area contributed by atoms with Gasteiger partial charge in [0, 0.05) is 22.4 Å². The summed E-state index contributed by atoms with van der Waals surface area (Å²) in [5.74, 6) is 0.707. The van der Waals surface area contributed by atoms with E-state index in [9.17, 15) is 13.5 Å². The van der Waals surface area contributed by atoms with Gasteiger partial charge in [-0.3, -0.25) is 0 Å². The first-order valence-electron chi connectivity index (χ1n) is 5.53. The molecule has 1 unspecified atom stereocenters. The van der Waals surface area contributed by atoms with E-state index in [4.69, 9.17) is 0 Å². The third kappa shape index (κ3) is 4.28. The van der Waals surface area contributed by atoms with E-state index in [1.165, 1.54) is 6.26 Å². The number of sulfone groups is 1. The molecule has 0 aliphatic heterocycles. The van der Waals surface area contributed by atoms with Crippen LogP contribution in [0.25, 0.3) is 0 Å². The maximum atomic E-state index is 11.3. The number of hydrogen-bond acceptors (Lipinski definition) is 5. The van der Waals surface area contributed by atoms with Gasteiger partial charge in [-0.25, -0.2) is 8.42 Å². The minimum atomic E-state index is -3.13. The number of benzene rings is 1. The molecule has 0 saturated heterocycles. The Morgan fingerprint density at radius 1 is 1.33 bits per heavy atom. The Kier molecular flexibility index (Phi) is 5.21. The number of likely N-dealkylation sites (N-methyl/N-ethyl adjacent to an activating group) is 1. The lowest BCUT2D eigenvalue weighted by Gasteiger charge is -2.26. The van der Waals surface area contributed by atoms with Crippen LogP contribution in [0.4, 0.5) is 0 Å². The van der Waals surface area contributed by atoms with E-state index in [1.807, 2.05) is 14.0 Å². The van der Waals surface area contributed by atoms with Gasteiger partial charge in [0.2, 0.25) is 0 Å². The van der Waals surface area contributed by atoms with Crippen molar-refractivity contribution >= 4 is 21.6 Å². The molecule has 0 fully saturated rings. The standard InChI is InChI=1S/C12H19NO3S2/c1-12(8-14,13-2)9-17-10-4-6-11(7-5-10)18(3,15)16/h4-7,13-14H,8-9H2,1-3H3. The van der Waals surface area contributed by atoms with Gasteiger partial charge in [0.1, 0.15) is 0 Å². The fourth-order valence-corrected chi connectivity index (χ4v) is 2.90. The van der Waals surface area contributed by atoms with Crippen LogP contribution in [0.1, 0.15) is 6.92 Å². The van der Waals surface area contributed by atoms with Crippen molar-refractivity contribution in [3.05, 3.63) is 24.3 Å². The van der Waals surface area contributed by atoms with E-state index in [2.05, 4.69) is 5.32 Å². The molecule has 0 aromatic heterocycles. The molecule has 1 aromatic rings. The van der Waals surface area contributed by atoms with E-state index in [1.54, 1.807) is 36.0 Å². The molecule has 0 amide bonds. The van der Waals surface area contributed by atoms with Crippen LogP contribution in [0.2, 0.25) is 0 Å². The number of nitrogens with one attached hydrogen (secondary N) is 1. The summed E-state index contributed by atoms with van der Waals surface area (Å²) in [5.41, 5.74) is -0.333. The molecule has 4 nitrogen and oxygen atoms in total. The molecule has 0 spiro atoms. The van der Waals surface area contributed by atoms with Crippen LogP contribution in [0, 0.1) is 0 Å². The Hall–Kier alpha value is -0.560. The number of rotatable bonds is 6. The third-order valence-corrected chi connectivity index (χ3v) is 5.28. The Labute approximate surface area is 113 Å². The number of hydrogen-bond donors (Lipinski definition) is 2. The van der Waals surface area contributed by atoms with Crippen LogP contribution >= 0.6 is 11.8 Å². The molecule has 0 saturated carbocycles. The summed E-state index contributed by atoms with van der Waals surface area (Å²) in [4.78, 5) is 1.31. The van der Waals surface area contributed by atoms with Gasteiger partial charge in [0.05, 0.1) is 11.5 Å². The van der Waals surface area contributed by atoms with E-state index >= 15 is 0 Å². The van der Waals surface area contributed by atoms with Crippen LogP contribution in [0.3, 0.4) is 0 Å². The van der Waals surface area contributed by atoms with Crippen molar-refractivity contribution in [2.75, 3.05) is 25.7 Å². The van der Waals surface area contributed by atoms with Crippen molar-refractivity contribution in [3.63, 3.8) is 0 Å². The van der Waals surface area contributed by atoms with Gasteiger partial charge in [-0.05, 0) is 38.2 Å². The fourth-order valence-electron chi connectivity index (χ4n) is 1.22. The monoisotopic (exact) mass is 289 g/mol. The van der Waals surface area contributed by atoms with Crippen molar-refractivity contribution in [2.24, 2.45) is 0 Å². The largest absolute Gasteiger partial charge is 0.394 e. The smallest absolute Gasteiger partial charge is 0.175 e. The van der Waals surface area contributed by atoms with E-state index < -0.39 is 9.84 Å². The van der Waals surface area contributed by atoms with Crippen LogP contribution < -0.4 is 5.32 Å². The molecule has 1 atom stereocenters. The second-order valence-electron chi connectivity index (χ2n) is 4.50. The molecule has 102 valence electrons. The molecule has 1 aromatic carbocycles. The minimum absolute atomic E-state index is 0.0535. The summed E-state index contributed by atoms with van der Waals surface area (Å²) in [6, 6.07) is 6.78. The maximum Gasteiger partial charge on any atom is 0.175 e. The second kappa shape index (κ2) is 6.06. The van der Waals surface area contributed by atoms with Gasteiger partial charge in [-0.1, -0.05) is 0 Å². The van der Waals surface area contributed by atoms with E-state index in [0.717, 1.165) is 4.90 Å². The predicted molar refractivity (Wildman–Crippen MR) is 74.8 cm³/mol. The number of aliphatic hydroxyl groups is 1. The molecule has 0 aliphatic carbocycles. The van der Waals surface area contributed by atoms with Gasteiger partial charge in [0.15, 0.2) is 9.84 Å². The zero-order chi connectivity index (χ0) is 13.8. The molecule has 0 bridgehead atoms. The summed E-state index contributed by atoms with van der Waals surface area (Å²) in [5, 5.41) is 12.3. The van der Waals surface area contributed by atoms with E-state index in [0.29, 0.717) is 10.6 Å². The normalized spacial score (nSPS) is 15.3. The van der Waals surface area contributed by atoms with Gasteiger partial charge < -0.3 is 10.4 Å². The lowest BCUT2D eigenvalue weighted by Crippen LogP contribution is -2.45. The zero-order valence-electron chi connectivity index (χ0n) is 10.8. The molecule has 18 heavy (non-hydrogen) atoms. The summed E-state index contributed by atoms with van der Waals surface area (Å²) in [6.45, 7) is 1.99. The van der Waals surface area contributed by atoms with Crippen LogP contribution in [0.5, 0.6) is 0 Å². The Morgan fingerprint density at radius 2 is 1.89 bits per heavy atom. The molecule has 2 N–H and O–H groups in total. The van der Waals surface area contributed by atoms with Gasteiger partial charge in [-0.2, -0.15) is 0 Å². The summed E-state index contributed by atoms with van der Waals surface area (Å²) >= 11 is 1.58. The zero-order valence-corrected chi connectivity index (χ0v) is 12.4. The average molecular weight is 289 g/mol. The third-order valence-electron chi connectivity index (χ3n) is 2.76. The van der Waals surface area contributed by atoms with Crippen molar-refractivity contribution in [2.45, 2.75) is 22.3 Å². The van der Waals surface area contributed by atoms with Crippen LogP contribution in [-0.2, 0) is 9.84 Å². The highest BCUT2D eigenvalue weighted by atomic mass is 32.2. The minimum Gasteiger partial charge on any atom is -0.394 e. The molecule has 6 heteroatoms. The lowest BCUT2D eigenvalue weighted by molar-refractivity contribution is 0.200. The predicted octanol–water partition coefficient (Wildman–Crippen LogP) is 1.15. The quantitative estimate of drug-likeness (QED) is 0.769. The van der Waals surface area contributed by atoms with Crippen molar-refractivity contribution in [3.8, 4) is 0 Å².